The van der Waals surface area contributed by atoms with Crippen molar-refractivity contribution in [3.05, 3.63) is 0 Å². The molecule has 0 heterocycles. The predicted molar refractivity (Wildman–Crippen MR) is 67.6 cm³/mol. The summed E-state index contributed by atoms with van der Waals surface area (Å²) in [5.41, 5.74) is 0. The van der Waals surface area contributed by atoms with Crippen molar-refractivity contribution in [1.82, 2.24) is 9.62 Å². The zero-order valence-electron chi connectivity index (χ0n) is 10.2. The second kappa shape index (κ2) is 7.27. The highest BCUT2D eigenvalue weighted by molar-refractivity contribution is 7.89. The molecule has 7 nitrogen and oxygen atoms in total. The Morgan fingerprint density at radius 3 is 2.18 bits per heavy atom. The number of nitrogens with two attached hydrogens (primary N) is 1. The van der Waals surface area contributed by atoms with Crippen LogP contribution in [0.4, 0.5) is 0 Å². The number of rotatable bonds is 9. The Morgan fingerprint density at radius 1 is 1.18 bits per heavy atom. The number of primary sulfonamides is 1. The highest BCUT2D eigenvalue weighted by atomic mass is 32.2. The average molecular weight is 287 g/mol. The largest absolute Gasteiger partial charge is 0.316 e. The lowest BCUT2D eigenvalue weighted by atomic mass is 10.4. The summed E-state index contributed by atoms with van der Waals surface area (Å²) in [6.07, 6.45) is 1.80. The van der Waals surface area contributed by atoms with Crippen LogP contribution in [-0.4, -0.2) is 59.3 Å². The van der Waals surface area contributed by atoms with Gasteiger partial charge in [0.25, 0.3) is 0 Å². The standard InChI is InChI=1S/C8H21N3O4S2/c1-3-11(16(2,12)13)7-4-5-10-6-8-17(9,14)15/h10H,3-8H2,1-2H3,(H2,9,14,15). The van der Waals surface area contributed by atoms with Crippen molar-refractivity contribution in [1.29, 1.82) is 0 Å². The summed E-state index contributed by atoms with van der Waals surface area (Å²) in [5, 5.41) is 7.71. The summed E-state index contributed by atoms with van der Waals surface area (Å²) in [4.78, 5) is 0. The van der Waals surface area contributed by atoms with Gasteiger partial charge in [0.15, 0.2) is 0 Å². The molecule has 104 valence electrons. The van der Waals surface area contributed by atoms with Crippen LogP contribution in [0.2, 0.25) is 0 Å². The molecule has 0 aromatic rings. The molecule has 0 aromatic carbocycles. The van der Waals surface area contributed by atoms with E-state index in [0.717, 1.165) is 0 Å². The molecule has 0 saturated heterocycles. The molecule has 0 atom stereocenters. The average Bonchev–Trinajstić information content (AvgIpc) is 2.12. The van der Waals surface area contributed by atoms with Gasteiger partial charge in [-0.2, -0.15) is 0 Å². The van der Waals surface area contributed by atoms with Crippen molar-refractivity contribution in [2.45, 2.75) is 13.3 Å². The Kier molecular flexibility index (Phi) is 7.17. The Morgan fingerprint density at radius 2 is 1.76 bits per heavy atom. The van der Waals surface area contributed by atoms with Gasteiger partial charge in [0.05, 0.1) is 12.0 Å². The molecule has 0 aliphatic carbocycles. The van der Waals surface area contributed by atoms with Crippen LogP contribution in [0, 0.1) is 0 Å². The SMILES string of the molecule is CCN(CCCNCCS(N)(=O)=O)S(C)(=O)=O. The van der Waals surface area contributed by atoms with Crippen LogP contribution >= 0.6 is 0 Å². The summed E-state index contributed by atoms with van der Waals surface area (Å²) in [6, 6.07) is 0. The van der Waals surface area contributed by atoms with E-state index in [-0.39, 0.29) is 12.3 Å². The van der Waals surface area contributed by atoms with Gasteiger partial charge in [-0.15, -0.1) is 0 Å². The third kappa shape index (κ3) is 9.48. The van der Waals surface area contributed by atoms with Crippen molar-refractivity contribution >= 4 is 20.0 Å². The van der Waals surface area contributed by atoms with E-state index in [0.29, 0.717) is 26.1 Å². The molecular weight excluding hydrogens is 266 g/mol. The van der Waals surface area contributed by atoms with Crippen LogP contribution in [-0.2, 0) is 20.0 Å². The second-order valence-electron chi connectivity index (χ2n) is 3.73. The van der Waals surface area contributed by atoms with Gasteiger partial charge in [-0.05, 0) is 13.0 Å². The summed E-state index contributed by atoms with van der Waals surface area (Å²) in [6.45, 7) is 3.48. The molecule has 0 saturated carbocycles. The van der Waals surface area contributed by atoms with E-state index in [1.807, 2.05) is 0 Å². The summed E-state index contributed by atoms with van der Waals surface area (Å²) >= 11 is 0. The third-order valence-corrected chi connectivity index (χ3v) is 4.30. The first kappa shape index (κ1) is 16.8. The number of nitrogens with zero attached hydrogens (tertiary/aromatic N) is 1. The fourth-order valence-electron chi connectivity index (χ4n) is 1.28. The van der Waals surface area contributed by atoms with E-state index in [1.54, 1.807) is 6.92 Å². The van der Waals surface area contributed by atoms with Crippen LogP contribution < -0.4 is 10.5 Å². The van der Waals surface area contributed by atoms with E-state index in [2.05, 4.69) is 5.32 Å². The smallest absolute Gasteiger partial charge is 0.211 e. The predicted octanol–water partition coefficient (Wildman–Crippen LogP) is -1.46. The van der Waals surface area contributed by atoms with E-state index in [4.69, 9.17) is 5.14 Å². The summed E-state index contributed by atoms with van der Waals surface area (Å²) in [5.74, 6) is -0.115. The van der Waals surface area contributed by atoms with Gasteiger partial charge in [0.1, 0.15) is 0 Å². The van der Waals surface area contributed by atoms with Gasteiger partial charge in [-0.1, -0.05) is 6.92 Å². The molecule has 17 heavy (non-hydrogen) atoms. The van der Waals surface area contributed by atoms with Crippen LogP contribution in [0.25, 0.3) is 0 Å². The fourth-order valence-corrected chi connectivity index (χ4v) is 2.64. The molecule has 9 heteroatoms. The highest BCUT2D eigenvalue weighted by Crippen LogP contribution is 1.97. The van der Waals surface area contributed by atoms with Gasteiger partial charge in [-0.25, -0.2) is 26.3 Å². The maximum atomic E-state index is 11.2. The normalized spacial score (nSPS) is 13.2. The Hall–Kier alpha value is -0.220. The van der Waals surface area contributed by atoms with Gasteiger partial charge >= 0.3 is 0 Å². The van der Waals surface area contributed by atoms with E-state index >= 15 is 0 Å². The molecule has 0 aromatic heterocycles. The summed E-state index contributed by atoms with van der Waals surface area (Å²) < 4.78 is 45.0. The lowest BCUT2D eigenvalue weighted by Crippen LogP contribution is -2.33. The van der Waals surface area contributed by atoms with E-state index in [9.17, 15) is 16.8 Å². The first-order valence-electron chi connectivity index (χ1n) is 5.33. The first-order valence-corrected chi connectivity index (χ1v) is 8.89. The first-order chi connectivity index (χ1) is 7.67. The van der Waals surface area contributed by atoms with E-state index in [1.165, 1.54) is 10.6 Å². The summed E-state index contributed by atoms with van der Waals surface area (Å²) in [7, 11) is -6.57. The maximum Gasteiger partial charge on any atom is 0.211 e. The number of hydrogen-bond donors (Lipinski definition) is 2. The topological polar surface area (TPSA) is 110 Å². The van der Waals surface area contributed by atoms with E-state index < -0.39 is 20.0 Å². The quantitative estimate of drug-likeness (QED) is 0.503. The van der Waals surface area contributed by atoms with Crippen molar-refractivity contribution in [2.24, 2.45) is 5.14 Å². The molecule has 3 N–H and O–H groups in total. The van der Waals surface area contributed by atoms with Crippen LogP contribution in [0.5, 0.6) is 0 Å². The molecule has 0 rings (SSSR count). The monoisotopic (exact) mass is 287 g/mol. The lowest BCUT2D eigenvalue weighted by Gasteiger charge is -2.17. The number of nitrogens with one attached hydrogen (secondary N) is 1. The molecule has 0 aliphatic heterocycles. The maximum absolute atomic E-state index is 11.2. The Bertz CT molecular complexity index is 404. The van der Waals surface area contributed by atoms with Crippen LogP contribution in [0.15, 0.2) is 0 Å². The highest BCUT2D eigenvalue weighted by Gasteiger charge is 2.12. The number of sulfonamides is 2. The van der Waals surface area contributed by atoms with Crippen molar-refractivity contribution in [2.75, 3.05) is 38.2 Å². The number of hydrogen-bond acceptors (Lipinski definition) is 5. The van der Waals surface area contributed by atoms with Crippen LogP contribution in [0.3, 0.4) is 0 Å². The molecular formula is C8H21N3O4S2. The zero-order chi connectivity index (χ0) is 13.5. The fraction of sp³-hybridized carbons (Fsp3) is 1.00. The van der Waals surface area contributed by atoms with Gasteiger partial charge < -0.3 is 5.32 Å². The molecule has 0 aliphatic rings. The Balaban J connectivity index is 3.71. The van der Waals surface area contributed by atoms with Crippen molar-refractivity contribution in [3.63, 3.8) is 0 Å². The molecule has 0 amide bonds. The van der Waals surface area contributed by atoms with Crippen molar-refractivity contribution < 1.29 is 16.8 Å². The third-order valence-electron chi connectivity index (χ3n) is 2.15. The van der Waals surface area contributed by atoms with Gasteiger partial charge in [-0.3, -0.25) is 0 Å². The van der Waals surface area contributed by atoms with Crippen molar-refractivity contribution in [3.8, 4) is 0 Å². The van der Waals surface area contributed by atoms with Crippen LogP contribution in [0.1, 0.15) is 13.3 Å². The zero-order valence-corrected chi connectivity index (χ0v) is 11.8. The molecule has 0 fully saturated rings. The minimum Gasteiger partial charge on any atom is -0.316 e. The Labute approximate surface area is 103 Å². The molecule has 0 bridgehead atoms. The molecule has 0 spiro atoms. The second-order valence-corrected chi connectivity index (χ2v) is 7.44. The minimum absolute atomic E-state index is 0.115. The molecule has 0 unspecified atom stereocenters. The minimum atomic E-state index is -3.42. The van der Waals surface area contributed by atoms with Gasteiger partial charge in [0.2, 0.25) is 20.0 Å². The van der Waals surface area contributed by atoms with Gasteiger partial charge in [0, 0.05) is 19.6 Å². The molecule has 0 radical (unpaired) electrons. The lowest BCUT2D eigenvalue weighted by molar-refractivity contribution is 0.420.